The van der Waals surface area contributed by atoms with E-state index in [-0.39, 0.29) is 10.8 Å². The van der Waals surface area contributed by atoms with Crippen LogP contribution in [0.25, 0.3) is 0 Å². The van der Waals surface area contributed by atoms with E-state index in [1.165, 1.54) is 11.1 Å². The number of benzene rings is 2. The van der Waals surface area contributed by atoms with Crippen molar-refractivity contribution in [1.29, 1.82) is 0 Å². The van der Waals surface area contributed by atoms with Crippen LogP contribution in [0.3, 0.4) is 0 Å². The van der Waals surface area contributed by atoms with Gasteiger partial charge in [-0.15, -0.1) is 0 Å². The van der Waals surface area contributed by atoms with E-state index >= 15 is 0 Å². The normalized spacial score (nSPS) is 12.2. The molecule has 0 unspecified atom stereocenters. The number of ketones is 2. The third kappa shape index (κ3) is 4.27. The van der Waals surface area contributed by atoms with Crippen molar-refractivity contribution >= 4 is 11.6 Å². The molecule has 0 fully saturated rings. The van der Waals surface area contributed by atoms with Gasteiger partial charge < -0.3 is 0 Å². The molecule has 0 amide bonds. The van der Waals surface area contributed by atoms with E-state index in [1.807, 2.05) is 52.0 Å². The second-order valence-corrected chi connectivity index (χ2v) is 10.1. The zero-order valence-electron chi connectivity index (χ0n) is 19.1. The fraction of sp³-hybridized carbons (Fsp3) is 0.462. The van der Waals surface area contributed by atoms with Crippen LogP contribution in [0, 0.1) is 27.7 Å². The molecule has 0 saturated carbocycles. The largest absolute Gasteiger partial charge is 0.285 e. The van der Waals surface area contributed by atoms with Crippen molar-refractivity contribution in [3.8, 4) is 0 Å². The van der Waals surface area contributed by atoms with Crippen molar-refractivity contribution in [1.82, 2.24) is 0 Å². The number of hydrogen-bond acceptors (Lipinski definition) is 2. The minimum atomic E-state index is -0.412. The summed E-state index contributed by atoms with van der Waals surface area (Å²) in [5.74, 6) is -0.824. The van der Waals surface area contributed by atoms with Crippen LogP contribution in [0.2, 0.25) is 0 Å². The van der Waals surface area contributed by atoms with Gasteiger partial charge >= 0.3 is 0 Å². The van der Waals surface area contributed by atoms with E-state index in [9.17, 15) is 9.59 Å². The predicted octanol–water partition coefficient (Wildman–Crippen LogP) is 6.58. The summed E-state index contributed by atoms with van der Waals surface area (Å²) in [5, 5.41) is 0. The Labute approximate surface area is 170 Å². The first-order chi connectivity index (χ1) is 12.6. The quantitative estimate of drug-likeness (QED) is 0.446. The summed E-state index contributed by atoms with van der Waals surface area (Å²) in [5.41, 5.74) is 6.88. The molecule has 0 radical (unpaired) electrons. The van der Waals surface area contributed by atoms with Crippen molar-refractivity contribution in [3.63, 3.8) is 0 Å². The maximum atomic E-state index is 13.2. The van der Waals surface area contributed by atoms with Crippen molar-refractivity contribution < 1.29 is 9.59 Å². The van der Waals surface area contributed by atoms with Gasteiger partial charge in [-0.25, -0.2) is 0 Å². The molecule has 0 aliphatic heterocycles. The molecule has 2 rings (SSSR count). The maximum Gasteiger partial charge on any atom is 0.234 e. The molecule has 2 aromatic carbocycles. The molecule has 0 saturated heterocycles. The van der Waals surface area contributed by atoms with Crippen LogP contribution in [0.5, 0.6) is 0 Å². The van der Waals surface area contributed by atoms with Crippen LogP contribution in [0.4, 0.5) is 0 Å². The molecule has 2 aromatic rings. The number of carbonyl (C=O) groups excluding carboxylic acids is 2. The molecule has 150 valence electrons. The molecular formula is C26H34O2. The summed E-state index contributed by atoms with van der Waals surface area (Å²) in [6.45, 7) is 20.6. The Kier molecular flexibility index (Phi) is 5.76. The van der Waals surface area contributed by atoms with Crippen LogP contribution in [0.1, 0.15) is 95.6 Å². The minimum absolute atomic E-state index is 0.00291. The fourth-order valence-electron chi connectivity index (χ4n) is 3.74. The summed E-state index contributed by atoms with van der Waals surface area (Å²) >= 11 is 0. The second-order valence-electron chi connectivity index (χ2n) is 10.1. The third-order valence-electron chi connectivity index (χ3n) is 5.46. The summed E-state index contributed by atoms with van der Waals surface area (Å²) in [6.07, 6.45) is 0. The van der Waals surface area contributed by atoms with Crippen molar-refractivity contribution in [2.45, 2.75) is 80.1 Å². The van der Waals surface area contributed by atoms with Gasteiger partial charge in [-0.3, -0.25) is 9.59 Å². The van der Waals surface area contributed by atoms with Crippen LogP contribution >= 0.6 is 0 Å². The average molecular weight is 379 g/mol. The summed E-state index contributed by atoms with van der Waals surface area (Å²) < 4.78 is 0. The third-order valence-corrected chi connectivity index (χ3v) is 5.46. The highest BCUT2D eigenvalue weighted by atomic mass is 16.2. The van der Waals surface area contributed by atoms with Crippen LogP contribution in [-0.4, -0.2) is 11.6 Å². The van der Waals surface area contributed by atoms with Crippen molar-refractivity contribution in [2.24, 2.45) is 0 Å². The highest BCUT2D eigenvalue weighted by Gasteiger charge is 2.27. The van der Waals surface area contributed by atoms with Gasteiger partial charge in [0.05, 0.1) is 0 Å². The van der Waals surface area contributed by atoms with E-state index in [0.717, 1.165) is 22.3 Å². The zero-order valence-corrected chi connectivity index (χ0v) is 19.1. The molecule has 0 aliphatic rings. The zero-order chi connectivity index (χ0) is 21.6. The number of aryl methyl sites for hydroxylation is 4. The molecule has 0 atom stereocenters. The van der Waals surface area contributed by atoms with Gasteiger partial charge in [0.1, 0.15) is 0 Å². The highest BCUT2D eigenvalue weighted by Crippen LogP contribution is 2.30. The van der Waals surface area contributed by atoms with Gasteiger partial charge in [-0.1, -0.05) is 65.8 Å². The molecule has 0 spiro atoms. The van der Waals surface area contributed by atoms with Gasteiger partial charge in [-0.05, 0) is 71.9 Å². The highest BCUT2D eigenvalue weighted by molar-refractivity contribution is 6.50. The second kappa shape index (κ2) is 7.31. The molecule has 0 heterocycles. The van der Waals surface area contributed by atoms with E-state index in [4.69, 9.17) is 0 Å². The Morgan fingerprint density at radius 3 is 0.929 bits per heavy atom. The summed E-state index contributed by atoms with van der Waals surface area (Å²) in [6, 6.07) is 8.15. The first-order valence-electron chi connectivity index (χ1n) is 9.97. The number of carbonyl (C=O) groups is 2. The number of Topliss-reactive ketones (excluding diaryl/α,β-unsaturated/α-hetero) is 2. The molecule has 28 heavy (non-hydrogen) atoms. The van der Waals surface area contributed by atoms with E-state index < -0.39 is 11.6 Å². The van der Waals surface area contributed by atoms with Gasteiger partial charge in [-0.2, -0.15) is 0 Å². The molecule has 0 N–H and O–H groups in total. The van der Waals surface area contributed by atoms with Crippen molar-refractivity contribution in [3.05, 3.63) is 68.8 Å². The monoisotopic (exact) mass is 378 g/mol. The van der Waals surface area contributed by atoms with E-state index in [0.29, 0.717) is 11.1 Å². The van der Waals surface area contributed by atoms with Gasteiger partial charge in [0, 0.05) is 11.1 Å². The standard InChI is InChI=1S/C26H34O2/c1-15-11-19(25(5,6)7)12-16(2)21(15)23(27)24(28)22-17(3)13-20(14-18(22)4)26(8,9)10/h11-14H,1-10H3. The van der Waals surface area contributed by atoms with Gasteiger partial charge in [0.25, 0.3) is 0 Å². The first kappa shape index (κ1) is 22.1. The molecular weight excluding hydrogens is 344 g/mol. The Bertz CT molecular complexity index is 822. The number of rotatable bonds is 3. The molecule has 2 heteroatoms. The first-order valence-corrected chi connectivity index (χ1v) is 9.97. The Morgan fingerprint density at radius 2 is 0.750 bits per heavy atom. The SMILES string of the molecule is Cc1cc(C(C)(C)C)cc(C)c1C(=O)C(=O)c1c(C)cc(C(C)(C)C)cc1C. The predicted molar refractivity (Wildman–Crippen MR) is 118 cm³/mol. The smallest absolute Gasteiger partial charge is 0.234 e. The van der Waals surface area contributed by atoms with Crippen LogP contribution in [0.15, 0.2) is 24.3 Å². The summed E-state index contributed by atoms with van der Waals surface area (Å²) in [7, 11) is 0. The van der Waals surface area contributed by atoms with Gasteiger partial charge in [0.2, 0.25) is 11.6 Å². The lowest BCUT2D eigenvalue weighted by Gasteiger charge is -2.23. The lowest BCUT2D eigenvalue weighted by Crippen LogP contribution is -2.21. The van der Waals surface area contributed by atoms with E-state index in [2.05, 4.69) is 41.5 Å². The minimum Gasteiger partial charge on any atom is -0.285 e. The molecule has 0 bridgehead atoms. The lowest BCUT2D eigenvalue weighted by atomic mass is 9.81. The lowest BCUT2D eigenvalue weighted by molar-refractivity contribution is 0.0815. The molecule has 2 nitrogen and oxygen atoms in total. The fourth-order valence-corrected chi connectivity index (χ4v) is 3.74. The molecule has 0 aliphatic carbocycles. The van der Waals surface area contributed by atoms with E-state index in [1.54, 1.807) is 0 Å². The van der Waals surface area contributed by atoms with Crippen LogP contribution in [-0.2, 0) is 10.8 Å². The average Bonchev–Trinajstić information content (AvgIpc) is 2.51. The number of hydrogen-bond donors (Lipinski definition) is 0. The van der Waals surface area contributed by atoms with Crippen molar-refractivity contribution in [2.75, 3.05) is 0 Å². The van der Waals surface area contributed by atoms with Gasteiger partial charge in [0.15, 0.2) is 0 Å². The Morgan fingerprint density at radius 1 is 0.536 bits per heavy atom. The Hall–Kier alpha value is -2.22. The molecule has 0 aromatic heterocycles. The van der Waals surface area contributed by atoms with Crippen LogP contribution < -0.4 is 0 Å². The topological polar surface area (TPSA) is 34.1 Å². The maximum absolute atomic E-state index is 13.2. The summed E-state index contributed by atoms with van der Waals surface area (Å²) in [4.78, 5) is 26.4. The Balaban J connectivity index is 2.54.